The number of hydrogen-bond acceptors (Lipinski definition) is 4. The highest BCUT2D eigenvalue weighted by atomic mass is 32.2. The van der Waals surface area contributed by atoms with Crippen LogP contribution in [-0.4, -0.2) is 35.1 Å². The van der Waals surface area contributed by atoms with Crippen molar-refractivity contribution in [1.29, 1.82) is 0 Å². The molecule has 0 saturated carbocycles. The van der Waals surface area contributed by atoms with Gasteiger partial charge in [0.2, 0.25) is 0 Å². The first-order chi connectivity index (χ1) is 8.13. The van der Waals surface area contributed by atoms with Crippen LogP contribution in [0.2, 0.25) is 0 Å². The van der Waals surface area contributed by atoms with Gasteiger partial charge in [0, 0.05) is 24.1 Å². The third-order valence-corrected chi connectivity index (χ3v) is 3.50. The lowest BCUT2D eigenvalue weighted by Gasteiger charge is -2.30. The predicted octanol–water partition coefficient (Wildman–Crippen LogP) is 2.16. The molecule has 1 aliphatic rings. The number of rotatable bonds is 3. The Labute approximate surface area is 103 Å². The maximum atomic E-state index is 12.0. The Bertz CT molecular complexity index is 472. The summed E-state index contributed by atoms with van der Waals surface area (Å²) in [5.41, 5.74) is 0.0845. The van der Waals surface area contributed by atoms with Crippen molar-refractivity contribution in [3.63, 3.8) is 0 Å². The van der Waals surface area contributed by atoms with Crippen LogP contribution in [0.5, 0.6) is 0 Å². The van der Waals surface area contributed by atoms with E-state index in [4.69, 9.17) is 0 Å². The molecule has 90 valence electrons. The molecular weight excluding hydrogens is 240 g/mol. The van der Waals surface area contributed by atoms with Gasteiger partial charge in [0.25, 0.3) is 11.6 Å². The molecule has 17 heavy (non-hydrogen) atoms. The van der Waals surface area contributed by atoms with Crippen molar-refractivity contribution >= 4 is 23.4 Å². The highest BCUT2D eigenvalue weighted by molar-refractivity contribution is 7.98. The van der Waals surface area contributed by atoms with Crippen molar-refractivity contribution in [2.45, 2.75) is 11.3 Å². The van der Waals surface area contributed by atoms with Crippen LogP contribution in [0.4, 0.5) is 5.69 Å². The number of nitro groups is 1. The topological polar surface area (TPSA) is 63.5 Å². The Hall–Kier alpha value is -1.56. The van der Waals surface area contributed by atoms with Gasteiger partial charge in [-0.2, -0.15) is 0 Å². The van der Waals surface area contributed by atoms with Crippen LogP contribution in [-0.2, 0) is 0 Å². The van der Waals surface area contributed by atoms with Gasteiger partial charge in [-0.15, -0.1) is 11.8 Å². The second kappa shape index (κ2) is 4.75. The first-order valence-corrected chi connectivity index (χ1v) is 6.47. The number of nitro benzene ring substituents is 1. The van der Waals surface area contributed by atoms with Crippen LogP contribution >= 0.6 is 11.8 Å². The largest absolute Gasteiger partial charge is 0.338 e. The van der Waals surface area contributed by atoms with E-state index in [1.807, 2.05) is 6.26 Å². The number of carbonyl (C=O) groups is 1. The van der Waals surface area contributed by atoms with E-state index in [1.54, 1.807) is 17.0 Å². The van der Waals surface area contributed by atoms with Gasteiger partial charge < -0.3 is 4.90 Å². The smallest absolute Gasteiger partial charge is 0.282 e. The molecule has 5 nitrogen and oxygen atoms in total. The minimum Gasteiger partial charge on any atom is -0.338 e. The third-order valence-electron chi connectivity index (χ3n) is 2.77. The van der Waals surface area contributed by atoms with Gasteiger partial charge in [-0.05, 0) is 24.8 Å². The van der Waals surface area contributed by atoms with Gasteiger partial charge >= 0.3 is 0 Å². The van der Waals surface area contributed by atoms with Crippen molar-refractivity contribution in [1.82, 2.24) is 4.90 Å². The summed E-state index contributed by atoms with van der Waals surface area (Å²) in [6.07, 6.45) is 2.85. The van der Waals surface area contributed by atoms with Gasteiger partial charge in [0.1, 0.15) is 5.56 Å². The lowest BCUT2D eigenvalue weighted by molar-refractivity contribution is -0.385. The Morgan fingerprint density at radius 2 is 2.18 bits per heavy atom. The van der Waals surface area contributed by atoms with E-state index in [2.05, 4.69) is 0 Å². The summed E-state index contributed by atoms with van der Waals surface area (Å²) < 4.78 is 0. The molecule has 0 aromatic heterocycles. The number of nitrogens with zero attached hydrogens (tertiary/aromatic N) is 2. The summed E-state index contributed by atoms with van der Waals surface area (Å²) in [7, 11) is 0. The molecule has 0 spiro atoms. The summed E-state index contributed by atoms with van der Waals surface area (Å²) in [6, 6.07) is 4.66. The van der Waals surface area contributed by atoms with Crippen LogP contribution in [0.1, 0.15) is 16.8 Å². The highest BCUT2D eigenvalue weighted by Gasteiger charge is 2.28. The van der Waals surface area contributed by atoms with Gasteiger partial charge in [-0.1, -0.05) is 0 Å². The lowest BCUT2D eigenvalue weighted by Crippen LogP contribution is -2.42. The normalized spacial score (nSPS) is 14.3. The zero-order valence-electron chi connectivity index (χ0n) is 9.38. The zero-order valence-corrected chi connectivity index (χ0v) is 10.2. The van der Waals surface area contributed by atoms with Crippen molar-refractivity contribution < 1.29 is 9.72 Å². The maximum absolute atomic E-state index is 12.0. The van der Waals surface area contributed by atoms with Gasteiger partial charge in [-0.25, -0.2) is 0 Å². The Morgan fingerprint density at radius 3 is 2.65 bits per heavy atom. The fraction of sp³-hybridized carbons (Fsp3) is 0.364. The number of hydrogen-bond donors (Lipinski definition) is 0. The summed E-state index contributed by atoms with van der Waals surface area (Å²) in [5, 5.41) is 10.9. The molecule has 2 rings (SSSR count). The average molecular weight is 252 g/mol. The summed E-state index contributed by atoms with van der Waals surface area (Å²) in [4.78, 5) is 24.9. The maximum Gasteiger partial charge on any atom is 0.282 e. The molecule has 0 aliphatic carbocycles. The van der Waals surface area contributed by atoms with Crippen molar-refractivity contribution in [3.05, 3.63) is 33.9 Å². The molecule has 1 aromatic rings. The van der Waals surface area contributed by atoms with E-state index in [9.17, 15) is 14.9 Å². The second-order valence-electron chi connectivity index (χ2n) is 3.79. The number of benzene rings is 1. The zero-order chi connectivity index (χ0) is 12.4. The van der Waals surface area contributed by atoms with Crippen molar-refractivity contribution in [2.24, 2.45) is 0 Å². The van der Waals surface area contributed by atoms with Crippen molar-refractivity contribution in [2.75, 3.05) is 19.3 Å². The summed E-state index contributed by atoms with van der Waals surface area (Å²) in [5.74, 6) is -0.237. The number of likely N-dealkylation sites (tertiary alicyclic amines) is 1. The average Bonchev–Trinajstić information content (AvgIpc) is 2.25. The minimum absolute atomic E-state index is 0.111. The van der Waals surface area contributed by atoms with Gasteiger partial charge in [-0.3, -0.25) is 14.9 Å². The lowest BCUT2D eigenvalue weighted by atomic mass is 10.1. The van der Waals surface area contributed by atoms with Gasteiger partial charge in [0.05, 0.1) is 4.92 Å². The molecule has 0 bridgehead atoms. The standard InChI is InChI=1S/C11H12N2O3S/c1-17-8-3-4-10(13(15)16)9(7-8)11(14)12-5-2-6-12/h3-4,7H,2,5-6H2,1H3. The second-order valence-corrected chi connectivity index (χ2v) is 4.67. The molecule has 1 saturated heterocycles. The van der Waals surface area contributed by atoms with Crippen LogP contribution in [0.15, 0.2) is 23.1 Å². The van der Waals surface area contributed by atoms with E-state index in [0.29, 0.717) is 13.1 Å². The predicted molar refractivity (Wildman–Crippen MR) is 65.4 cm³/mol. The van der Waals surface area contributed by atoms with Gasteiger partial charge in [0.15, 0.2) is 0 Å². The Morgan fingerprint density at radius 1 is 1.47 bits per heavy atom. The SMILES string of the molecule is CSc1ccc([N+](=O)[O-])c(C(=O)N2CCC2)c1. The molecule has 1 amide bonds. The summed E-state index contributed by atoms with van der Waals surface area (Å²) >= 11 is 1.46. The van der Waals surface area contributed by atoms with Crippen LogP contribution in [0.25, 0.3) is 0 Å². The molecule has 0 atom stereocenters. The molecule has 0 N–H and O–H groups in total. The number of carbonyl (C=O) groups excluding carboxylic acids is 1. The van der Waals surface area contributed by atoms with Crippen LogP contribution in [0.3, 0.4) is 0 Å². The first kappa shape index (κ1) is 11.9. The quantitative estimate of drug-likeness (QED) is 0.470. The molecule has 1 aromatic carbocycles. The molecule has 6 heteroatoms. The highest BCUT2D eigenvalue weighted by Crippen LogP contribution is 2.27. The monoisotopic (exact) mass is 252 g/mol. The van der Waals surface area contributed by atoms with E-state index >= 15 is 0 Å². The molecule has 1 aliphatic heterocycles. The molecule has 1 fully saturated rings. The van der Waals surface area contributed by atoms with Crippen LogP contribution in [0, 0.1) is 10.1 Å². The Balaban J connectivity index is 2.40. The van der Waals surface area contributed by atoms with Crippen molar-refractivity contribution in [3.8, 4) is 0 Å². The Kier molecular flexibility index (Phi) is 3.33. The minimum atomic E-state index is -0.503. The fourth-order valence-electron chi connectivity index (χ4n) is 1.66. The molecular formula is C11H12N2O3S. The molecule has 0 unspecified atom stereocenters. The third kappa shape index (κ3) is 2.26. The number of thioether (sulfide) groups is 1. The van der Waals surface area contributed by atoms with E-state index < -0.39 is 4.92 Å². The molecule has 1 heterocycles. The van der Waals surface area contributed by atoms with E-state index in [1.165, 1.54) is 17.8 Å². The van der Waals surface area contributed by atoms with Crippen LogP contribution < -0.4 is 0 Å². The fourth-order valence-corrected chi connectivity index (χ4v) is 2.10. The van der Waals surface area contributed by atoms with E-state index in [0.717, 1.165) is 11.3 Å². The first-order valence-electron chi connectivity index (χ1n) is 5.25. The summed E-state index contributed by atoms with van der Waals surface area (Å²) in [6.45, 7) is 1.39. The van der Waals surface area contributed by atoms with E-state index in [-0.39, 0.29) is 17.2 Å². The molecule has 0 radical (unpaired) electrons. The number of amides is 1.